The van der Waals surface area contributed by atoms with E-state index in [-0.39, 0.29) is 0 Å². The molecule has 0 saturated heterocycles. The van der Waals surface area contributed by atoms with E-state index in [0.717, 1.165) is 2.88 Å². The van der Waals surface area contributed by atoms with Crippen molar-refractivity contribution < 1.29 is 4.79 Å². The predicted octanol–water partition coefficient (Wildman–Crippen LogP) is 0.847. The molecule has 0 aromatic carbocycles. The average molecular weight is 254 g/mol. The van der Waals surface area contributed by atoms with Crippen LogP contribution < -0.4 is 5.73 Å². The standard InChI is InChI=1S/C4H3IN2OS/c5-3-2(4(6)8)7-1-9-3/h1H,(H2,6,8). The lowest BCUT2D eigenvalue weighted by molar-refractivity contribution is 0.0995. The highest BCUT2D eigenvalue weighted by Crippen LogP contribution is 2.14. The molecule has 1 amide bonds. The molecule has 0 radical (unpaired) electrons. The molecule has 0 unspecified atom stereocenters. The quantitative estimate of drug-likeness (QED) is 0.755. The number of nitrogens with two attached hydrogens (primary N) is 1. The van der Waals surface area contributed by atoms with Crippen LogP contribution >= 0.6 is 33.9 Å². The number of hydrogen-bond donors (Lipinski definition) is 1. The summed E-state index contributed by atoms with van der Waals surface area (Å²) in [4.78, 5) is 14.2. The van der Waals surface area contributed by atoms with E-state index < -0.39 is 5.91 Å². The molecule has 0 atom stereocenters. The minimum Gasteiger partial charge on any atom is -0.364 e. The second-order valence-electron chi connectivity index (χ2n) is 1.34. The van der Waals surface area contributed by atoms with Crippen molar-refractivity contribution in [3.05, 3.63) is 14.1 Å². The highest BCUT2D eigenvalue weighted by molar-refractivity contribution is 14.1. The van der Waals surface area contributed by atoms with Gasteiger partial charge in [-0.3, -0.25) is 4.79 Å². The van der Waals surface area contributed by atoms with E-state index in [9.17, 15) is 4.79 Å². The fourth-order valence-electron chi connectivity index (χ4n) is 0.392. The van der Waals surface area contributed by atoms with Gasteiger partial charge in [0.15, 0.2) is 5.69 Å². The Bertz CT molecular complexity index is 234. The summed E-state index contributed by atoms with van der Waals surface area (Å²) in [5.74, 6) is -0.458. The molecule has 0 aliphatic rings. The third-order valence-corrected chi connectivity index (χ3v) is 2.64. The normalized spacial score (nSPS) is 9.44. The van der Waals surface area contributed by atoms with Crippen LogP contribution in [0.3, 0.4) is 0 Å². The maximum Gasteiger partial charge on any atom is 0.269 e. The zero-order valence-electron chi connectivity index (χ0n) is 4.30. The molecule has 0 fully saturated rings. The van der Waals surface area contributed by atoms with Crippen molar-refractivity contribution >= 4 is 39.8 Å². The number of amides is 1. The number of hydrogen-bond acceptors (Lipinski definition) is 3. The third-order valence-electron chi connectivity index (χ3n) is 0.758. The second kappa shape index (κ2) is 2.61. The first kappa shape index (κ1) is 6.94. The molecule has 48 valence electrons. The highest BCUT2D eigenvalue weighted by atomic mass is 127. The smallest absolute Gasteiger partial charge is 0.269 e. The zero-order chi connectivity index (χ0) is 6.85. The van der Waals surface area contributed by atoms with Crippen LogP contribution in [0.25, 0.3) is 0 Å². The number of aromatic nitrogens is 1. The predicted molar refractivity (Wildman–Crippen MR) is 43.3 cm³/mol. The Hall–Kier alpha value is -0.170. The maximum atomic E-state index is 10.4. The van der Waals surface area contributed by atoms with Gasteiger partial charge in [0.2, 0.25) is 0 Å². The van der Waals surface area contributed by atoms with Crippen molar-refractivity contribution in [1.29, 1.82) is 0 Å². The van der Waals surface area contributed by atoms with Crippen LogP contribution in [-0.4, -0.2) is 10.9 Å². The average Bonchev–Trinajstić information content (AvgIpc) is 2.13. The van der Waals surface area contributed by atoms with Gasteiger partial charge in [-0.25, -0.2) is 4.98 Å². The summed E-state index contributed by atoms with van der Waals surface area (Å²) < 4.78 is 0.847. The molecule has 1 aromatic heterocycles. The van der Waals surface area contributed by atoms with Crippen LogP contribution in [0.2, 0.25) is 0 Å². The van der Waals surface area contributed by atoms with Gasteiger partial charge in [0.05, 0.1) is 8.39 Å². The minimum absolute atomic E-state index is 0.376. The summed E-state index contributed by atoms with van der Waals surface area (Å²) >= 11 is 3.43. The van der Waals surface area contributed by atoms with Gasteiger partial charge >= 0.3 is 0 Å². The highest BCUT2D eigenvalue weighted by Gasteiger charge is 2.06. The van der Waals surface area contributed by atoms with E-state index in [2.05, 4.69) is 4.98 Å². The van der Waals surface area contributed by atoms with Crippen molar-refractivity contribution in [1.82, 2.24) is 4.98 Å². The summed E-state index contributed by atoms with van der Waals surface area (Å²) in [6.45, 7) is 0. The van der Waals surface area contributed by atoms with E-state index in [1.165, 1.54) is 11.3 Å². The number of carbonyl (C=O) groups is 1. The van der Waals surface area contributed by atoms with Crippen LogP contribution in [-0.2, 0) is 0 Å². The molecule has 0 aliphatic heterocycles. The Morgan fingerprint density at radius 1 is 1.89 bits per heavy atom. The molecule has 0 aliphatic carbocycles. The van der Waals surface area contributed by atoms with E-state index in [4.69, 9.17) is 5.73 Å². The van der Waals surface area contributed by atoms with Crippen molar-refractivity contribution in [3.8, 4) is 0 Å². The van der Waals surface area contributed by atoms with Gasteiger partial charge in [0.1, 0.15) is 0 Å². The maximum absolute atomic E-state index is 10.4. The molecule has 2 N–H and O–H groups in total. The fraction of sp³-hybridized carbons (Fsp3) is 0. The molecule has 0 bridgehead atoms. The van der Waals surface area contributed by atoms with Gasteiger partial charge in [-0.2, -0.15) is 0 Å². The molecule has 5 heteroatoms. The van der Waals surface area contributed by atoms with Gasteiger partial charge in [0.25, 0.3) is 5.91 Å². The molecule has 9 heavy (non-hydrogen) atoms. The SMILES string of the molecule is NC(=O)c1ncsc1I. The van der Waals surface area contributed by atoms with Crippen LogP contribution in [0, 0.1) is 2.88 Å². The lowest BCUT2D eigenvalue weighted by Gasteiger charge is -1.84. The third kappa shape index (κ3) is 1.39. The van der Waals surface area contributed by atoms with Gasteiger partial charge < -0.3 is 5.73 Å². The first-order valence-electron chi connectivity index (χ1n) is 2.10. The van der Waals surface area contributed by atoms with Gasteiger partial charge in [-0.05, 0) is 22.6 Å². The molecule has 1 rings (SSSR count). The molecular weight excluding hydrogens is 251 g/mol. The summed E-state index contributed by atoms with van der Waals surface area (Å²) in [7, 11) is 0. The summed E-state index contributed by atoms with van der Waals surface area (Å²) in [6, 6.07) is 0. The Kier molecular flexibility index (Phi) is 2.01. The van der Waals surface area contributed by atoms with Gasteiger partial charge in [-0.1, -0.05) is 0 Å². The van der Waals surface area contributed by atoms with Crippen molar-refractivity contribution in [2.24, 2.45) is 5.73 Å². The Morgan fingerprint density at radius 2 is 2.56 bits per heavy atom. The monoisotopic (exact) mass is 254 g/mol. The van der Waals surface area contributed by atoms with Gasteiger partial charge in [-0.15, -0.1) is 11.3 Å². The molecule has 1 aromatic rings. The molecule has 0 spiro atoms. The summed E-state index contributed by atoms with van der Waals surface area (Å²) in [5.41, 5.74) is 6.93. The largest absolute Gasteiger partial charge is 0.364 e. The molecule has 0 saturated carbocycles. The van der Waals surface area contributed by atoms with E-state index in [1.54, 1.807) is 5.51 Å². The van der Waals surface area contributed by atoms with E-state index in [0.29, 0.717) is 5.69 Å². The van der Waals surface area contributed by atoms with Crippen LogP contribution in [0.1, 0.15) is 10.5 Å². The Balaban J connectivity index is 3.08. The molecule has 3 nitrogen and oxygen atoms in total. The van der Waals surface area contributed by atoms with Crippen molar-refractivity contribution in [3.63, 3.8) is 0 Å². The topological polar surface area (TPSA) is 56.0 Å². The number of primary amides is 1. The van der Waals surface area contributed by atoms with Crippen LogP contribution in [0.15, 0.2) is 5.51 Å². The van der Waals surface area contributed by atoms with Crippen LogP contribution in [0.4, 0.5) is 0 Å². The first-order chi connectivity index (χ1) is 4.22. The van der Waals surface area contributed by atoms with Crippen LogP contribution in [0.5, 0.6) is 0 Å². The van der Waals surface area contributed by atoms with E-state index >= 15 is 0 Å². The fourth-order valence-corrected chi connectivity index (χ4v) is 1.65. The number of nitrogens with zero attached hydrogens (tertiary/aromatic N) is 1. The Morgan fingerprint density at radius 3 is 2.78 bits per heavy atom. The zero-order valence-corrected chi connectivity index (χ0v) is 7.27. The first-order valence-corrected chi connectivity index (χ1v) is 4.06. The summed E-state index contributed by atoms with van der Waals surface area (Å²) in [6.07, 6.45) is 0. The lowest BCUT2D eigenvalue weighted by atomic mass is 10.5. The Labute approximate surface area is 69.4 Å². The minimum atomic E-state index is -0.458. The van der Waals surface area contributed by atoms with Crippen molar-refractivity contribution in [2.45, 2.75) is 0 Å². The molecular formula is C4H3IN2OS. The molecule has 1 heterocycles. The number of rotatable bonds is 1. The number of halogens is 1. The summed E-state index contributed by atoms with van der Waals surface area (Å²) in [5, 5.41) is 0. The number of carbonyl (C=O) groups excluding carboxylic acids is 1. The van der Waals surface area contributed by atoms with Gasteiger partial charge in [0, 0.05) is 0 Å². The van der Waals surface area contributed by atoms with E-state index in [1.807, 2.05) is 22.6 Å². The van der Waals surface area contributed by atoms with Crippen molar-refractivity contribution in [2.75, 3.05) is 0 Å². The lowest BCUT2D eigenvalue weighted by Crippen LogP contribution is -2.12. The number of thiazole rings is 1. The second-order valence-corrected chi connectivity index (χ2v) is 4.00.